The summed E-state index contributed by atoms with van der Waals surface area (Å²) >= 11 is 2.01. The highest BCUT2D eigenvalue weighted by atomic mass is 32.2. The van der Waals surface area contributed by atoms with Crippen LogP contribution in [0, 0.1) is 11.3 Å². The first-order valence-corrected chi connectivity index (χ1v) is 7.13. The lowest BCUT2D eigenvalue weighted by atomic mass is 10.2. The monoisotopic (exact) mass is 247 g/mol. The average molecular weight is 247 g/mol. The summed E-state index contributed by atoms with van der Waals surface area (Å²) in [6, 6.07) is 6.26. The topological polar surface area (TPSA) is 48.7 Å². The number of pyridine rings is 1. The van der Waals surface area contributed by atoms with E-state index >= 15 is 0 Å². The molecule has 3 nitrogen and oxygen atoms in total. The van der Waals surface area contributed by atoms with E-state index in [1.807, 2.05) is 17.8 Å². The molecule has 1 N–H and O–H groups in total. The number of nitriles is 1. The van der Waals surface area contributed by atoms with Gasteiger partial charge in [-0.25, -0.2) is 4.98 Å². The number of nitrogens with zero attached hydrogens (tertiary/aromatic N) is 2. The quantitative estimate of drug-likeness (QED) is 0.888. The van der Waals surface area contributed by atoms with Gasteiger partial charge in [0.1, 0.15) is 11.9 Å². The van der Waals surface area contributed by atoms with Gasteiger partial charge in [-0.1, -0.05) is 13.3 Å². The fourth-order valence-electron chi connectivity index (χ4n) is 2.29. The maximum atomic E-state index is 9.03. The third kappa shape index (κ3) is 2.92. The fraction of sp³-hybridized carbons (Fsp3) is 0.538. The minimum Gasteiger partial charge on any atom is -0.365 e. The molecule has 1 saturated carbocycles. The summed E-state index contributed by atoms with van der Waals surface area (Å²) in [5, 5.41) is 13.1. The SMILES string of the molecule is CCSC1CCCC1Nc1ncccc1C#N. The molecular formula is C13H17N3S. The van der Waals surface area contributed by atoms with Crippen LogP contribution in [0.15, 0.2) is 18.3 Å². The van der Waals surface area contributed by atoms with Gasteiger partial charge in [0.15, 0.2) is 0 Å². The van der Waals surface area contributed by atoms with Crippen LogP contribution in [0.4, 0.5) is 5.82 Å². The van der Waals surface area contributed by atoms with E-state index in [1.165, 1.54) is 19.3 Å². The number of hydrogen-bond acceptors (Lipinski definition) is 4. The van der Waals surface area contributed by atoms with Gasteiger partial charge >= 0.3 is 0 Å². The van der Waals surface area contributed by atoms with Crippen LogP contribution in [0.3, 0.4) is 0 Å². The zero-order valence-electron chi connectivity index (χ0n) is 10.0. The van der Waals surface area contributed by atoms with Crippen molar-refractivity contribution in [3.05, 3.63) is 23.9 Å². The van der Waals surface area contributed by atoms with E-state index in [9.17, 15) is 0 Å². The van der Waals surface area contributed by atoms with Gasteiger partial charge < -0.3 is 5.32 Å². The third-order valence-electron chi connectivity index (χ3n) is 3.08. The van der Waals surface area contributed by atoms with Gasteiger partial charge in [0.2, 0.25) is 0 Å². The van der Waals surface area contributed by atoms with Crippen LogP contribution in [0.25, 0.3) is 0 Å². The van der Waals surface area contributed by atoms with Crippen LogP contribution >= 0.6 is 11.8 Å². The predicted molar refractivity (Wildman–Crippen MR) is 72.1 cm³/mol. The zero-order chi connectivity index (χ0) is 12.1. The van der Waals surface area contributed by atoms with Gasteiger partial charge in [-0.15, -0.1) is 0 Å². The molecule has 2 unspecified atom stereocenters. The first-order valence-electron chi connectivity index (χ1n) is 6.08. The Balaban J connectivity index is 2.07. The summed E-state index contributed by atoms with van der Waals surface area (Å²) in [4.78, 5) is 4.26. The molecule has 0 aromatic carbocycles. The van der Waals surface area contributed by atoms with Crippen LogP contribution < -0.4 is 5.32 Å². The van der Waals surface area contributed by atoms with Gasteiger partial charge in [-0.05, 0) is 30.7 Å². The van der Waals surface area contributed by atoms with Crippen LogP contribution in [0.1, 0.15) is 31.7 Å². The second kappa shape index (κ2) is 5.92. The molecular weight excluding hydrogens is 230 g/mol. The minimum atomic E-state index is 0.460. The minimum absolute atomic E-state index is 0.460. The van der Waals surface area contributed by atoms with E-state index in [-0.39, 0.29) is 0 Å². The van der Waals surface area contributed by atoms with Gasteiger partial charge in [0.25, 0.3) is 0 Å². The van der Waals surface area contributed by atoms with E-state index < -0.39 is 0 Å². The van der Waals surface area contributed by atoms with Crippen LogP contribution in [-0.2, 0) is 0 Å². The Morgan fingerprint density at radius 1 is 1.59 bits per heavy atom. The maximum absolute atomic E-state index is 9.03. The summed E-state index contributed by atoms with van der Waals surface area (Å²) < 4.78 is 0. The smallest absolute Gasteiger partial charge is 0.144 e. The summed E-state index contributed by atoms with van der Waals surface area (Å²) in [7, 11) is 0. The van der Waals surface area contributed by atoms with E-state index in [0.29, 0.717) is 16.9 Å². The van der Waals surface area contributed by atoms with Crippen molar-refractivity contribution in [2.75, 3.05) is 11.1 Å². The fourth-order valence-corrected chi connectivity index (χ4v) is 3.49. The van der Waals surface area contributed by atoms with Crippen molar-refractivity contribution < 1.29 is 0 Å². The largest absolute Gasteiger partial charge is 0.365 e. The zero-order valence-corrected chi connectivity index (χ0v) is 10.8. The number of hydrogen-bond donors (Lipinski definition) is 1. The molecule has 0 bridgehead atoms. The first kappa shape index (κ1) is 12.3. The molecule has 2 atom stereocenters. The number of rotatable bonds is 4. The summed E-state index contributed by atoms with van der Waals surface area (Å²) in [6.07, 6.45) is 5.45. The second-order valence-corrected chi connectivity index (χ2v) is 5.70. The first-order chi connectivity index (χ1) is 8.35. The standard InChI is InChI=1S/C13H17N3S/c1-2-17-12-7-3-6-11(12)16-13-10(9-14)5-4-8-15-13/h4-5,8,11-12H,2-3,6-7H2,1H3,(H,15,16). The lowest BCUT2D eigenvalue weighted by molar-refractivity contribution is 0.762. The lowest BCUT2D eigenvalue weighted by Crippen LogP contribution is -2.27. The van der Waals surface area contributed by atoms with Crippen molar-refractivity contribution in [2.24, 2.45) is 0 Å². The molecule has 1 fully saturated rings. The number of thioether (sulfide) groups is 1. The van der Waals surface area contributed by atoms with Gasteiger partial charge in [0.05, 0.1) is 5.56 Å². The van der Waals surface area contributed by atoms with E-state index in [4.69, 9.17) is 5.26 Å². The van der Waals surface area contributed by atoms with Crippen molar-refractivity contribution in [2.45, 2.75) is 37.5 Å². The Hall–Kier alpha value is -1.21. The van der Waals surface area contributed by atoms with Crippen molar-refractivity contribution in [1.29, 1.82) is 5.26 Å². The molecule has 1 aromatic rings. The van der Waals surface area contributed by atoms with Crippen molar-refractivity contribution in [3.63, 3.8) is 0 Å². The van der Waals surface area contributed by atoms with Crippen LogP contribution in [-0.4, -0.2) is 22.0 Å². The van der Waals surface area contributed by atoms with E-state index in [2.05, 4.69) is 23.3 Å². The summed E-state index contributed by atoms with van der Waals surface area (Å²) in [5.74, 6) is 1.89. The molecule has 90 valence electrons. The van der Waals surface area contributed by atoms with Crippen molar-refractivity contribution in [3.8, 4) is 6.07 Å². The molecule has 0 saturated heterocycles. The van der Waals surface area contributed by atoms with Gasteiger partial charge in [0, 0.05) is 17.5 Å². The Bertz CT molecular complexity index is 413. The van der Waals surface area contributed by atoms with E-state index in [1.54, 1.807) is 12.3 Å². The van der Waals surface area contributed by atoms with Crippen LogP contribution in [0.2, 0.25) is 0 Å². The molecule has 2 rings (SSSR count). The highest BCUT2D eigenvalue weighted by Crippen LogP contribution is 2.32. The normalized spacial score (nSPS) is 23.3. The molecule has 1 aromatic heterocycles. The number of aromatic nitrogens is 1. The van der Waals surface area contributed by atoms with Gasteiger partial charge in [-0.3, -0.25) is 0 Å². The Morgan fingerprint density at radius 2 is 2.47 bits per heavy atom. The molecule has 0 aliphatic heterocycles. The number of anilines is 1. The average Bonchev–Trinajstić information content (AvgIpc) is 2.78. The van der Waals surface area contributed by atoms with E-state index in [0.717, 1.165) is 11.6 Å². The van der Waals surface area contributed by atoms with Crippen molar-refractivity contribution >= 4 is 17.6 Å². The number of nitrogens with one attached hydrogen (secondary N) is 1. The predicted octanol–water partition coefficient (Wildman–Crippen LogP) is 3.04. The molecule has 1 heterocycles. The molecule has 1 aliphatic carbocycles. The molecule has 17 heavy (non-hydrogen) atoms. The Labute approximate surface area is 107 Å². The maximum Gasteiger partial charge on any atom is 0.144 e. The molecule has 1 aliphatic rings. The molecule has 0 radical (unpaired) electrons. The Morgan fingerprint density at radius 3 is 3.24 bits per heavy atom. The molecule has 0 spiro atoms. The summed E-state index contributed by atoms with van der Waals surface area (Å²) in [5.41, 5.74) is 0.639. The molecule has 0 amide bonds. The van der Waals surface area contributed by atoms with Crippen LogP contribution in [0.5, 0.6) is 0 Å². The van der Waals surface area contributed by atoms with Gasteiger partial charge in [-0.2, -0.15) is 17.0 Å². The Kier molecular flexibility index (Phi) is 4.27. The second-order valence-electron chi connectivity index (χ2n) is 4.19. The highest BCUT2D eigenvalue weighted by molar-refractivity contribution is 7.99. The lowest BCUT2D eigenvalue weighted by Gasteiger charge is -2.21. The highest BCUT2D eigenvalue weighted by Gasteiger charge is 2.27. The summed E-state index contributed by atoms with van der Waals surface area (Å²) in [6.45, 7) is 2.20. The van der Waals surface area contributed by atoms with Crippen molar-refractivity contribution in [1.82, 2.24) is 4.98 Å². The third-order valence-corrected chi connectivity index (χ3v) is 4.41. The molecule has 4 heteroatoms.